The van der Waals surface area contributed by atoms with Gasteiger partial charge < -0.3 is 20.2 Å². The number of hydrogen-bond donors (Lipinski definition) is 3. The highest BCUT2D eigenvalue weighted by atomic mass is 79.9. The summed E-state index contributed by atoms with van der Waals surface area (Å²) in [4.78, 5) is 25.1. The Labute approximate surface area is 206 Å². The maximum Gasteiger partial charge on any atom is 0.254 e. The first-order chi connectivity index (χ1) is 15.9. The lowest BCUT2D eigenvalue weighted by molar-refractivity contribution is 0.0913. The summed E-state index contributed by atoms with van der Waals surface area (Å²) in [6.45, 7) is 6.81. The average molecular weight is 529 g/mol. The minimum Gasteiger partial charge on any atom is -0.353 e. The molecule has 4 aromatic rings. The van der Waals surface area contributed by atoms with Gasteiger partial charge in [0.15, 0.2) is 0 Å². The summed E-state index contributed by atoms with van der Waals surface area (Å²) in [6.07, 6.45) is 0. The number of benzene rings is 2. The molecule has 6 nitrogen and oxygen atoms in total. The fourth-order valence-electron chi connectivity index (χ4n) is 4.59. The molecule has 0 spiro atoms. The monoisotopic (exact) mass is 527 g/mol. The van der Waals surface area contributed by atoms with Crippen molar-refractivity contribution in [3.63, 3.8) is 0 Å². The summed E-state index contributed by atoms with van der Waals surface area (Å²) in [5.41, 5.74) is 4.18. The van der Waals surface area contributed by atoms with Crippen molar-refractivity contribution in [3.05, 3.63) is 57.5 Å². The van der Waals surface area contributed by atoms with Gasteiger partial charge >= 0.3 is 0 Å². The van der Waals surface area contributed by atoms with Crippen molar-refractivity contribution in [1.82, 2.24) is 25.1 Å². The van der Waals surface area contributed by atoms with Gasteiger partial charge in [-0.3, -0.25) is 9.69 Å². The van der Waals surface area contributed by atoms with E-state index in [1.165, 1.54) is 0 Å². The molecule has 1 saturated heterocycles. The van der Waals surface area contributed by atoms with Gasteiger partial charge in [-0.1, -0.05) is 33.6 Å². The third kappa shape index (κ3) is 4.55. The Morgan fingerprint density at radius 3 is 2.82 bits per heavy atom. The Morgan fingerprint density at radius 2 is 2.00 bits per heavy atom. The molecule has 0 radical (unpaired) electrons. The van der Waals surface area contributed by atoms with Crippen LogP contribution in [0.15, 0.2) is 46.9 Å². The van der Waals surface area contributed by atoms with E-state index in [4.69, 9.17) is 11.6 Å². The standard InChI is InChI=1S/C25H27BrClN5O/c1-15-14-32(10-9-31(15)2)8-7-28-25(33)23-19-5-3-17(26)13-21(19)30-24(23)22-12-16-11-18(27)4-6-20(16)29-22/h3-6,11-13,15,29-30H,7-10,14H2,1-2H3,(H,28,33). The number of aromatic amines is 2. The van der Waals surface area contributed by atoms with Crippen LogP contribution in [-0.4, -0.2) is 71.5 Å². The molecule has 33 heavy (non-hydrogen) atoms. The summed E-state index contributed by atoms with van der Waals surface area (Å²) in [6, 6.07) is 14.3. The smallest absolute Gasteiger partial charge is 0.254 e. The number of halogens is 2. The first-order valence-electron chi connectivity index (χ1n) is 11.2. The highest BCUT2D eigenvalue weighted by Crippen LogP contribution is 2.33. The highest BCUT2D eigenvalue weighted by Gasteiger charge is 2.23. The van der Waals surface area contributed by atoms with Crippen molar-refractivity contribution in [2.24, 2.45) is 0 Å². The molecule has 1 aliphatic heterocycles. The number of carbonyl (C=O) groups is 1. The molecule has 1 unspecified atom stereocenters. The third-order valence-electron chi connectivity index (χ3n) is 6.60. The van der Waals surface area contributed by atoms with Gasteiger partial charge in [-0.05, 0) is 50.4 Å². The number of nitrogens with zero attached hydrogens (tertiary/aromatic N) is 2. The molecule has 2 aromatic heterocycles. The molecule has 3 N–H and O–H groups in total. The topological polar surface area (TPSA) is 67.2 Å². The zero-order chi connectivity index (χ0) is 23.1. The van der Waals surface area contributed by atoms with Gasteiger partial charge in [-0.25, -0.2) is 0 Å². The Bertz CT molecular complexity index is 1330. The Morgan fingerprint density at radius 1 is 1.15 bits per heavy atom. The fourth-order valence-corrected chi connectivity index (χ4v) is 5.13. The van der Waals surface area contributed by atoms with Gasteiger partial charge in [0, 0.05) is 70.1 Å². The molecule has 0 aliphatic carbocycles. The van der Waals surface area contributed by atoms with Gasteiger partial charge in [0.05, 0.1) is 17.0 Å². The summed E-state index contributed by atoms with van der Waals surface area (Å²) in [7, 11) is 2.17. The number of likely N-dealkylation sites (N-methyl/N-ethyl adjacent to an activating group) is 1. The van der Waals surface area contributed by atoms with Crippen LogP contribution >= 0.6 is 27.5 Å². The van der Waals surface area contributed by atoms with Crippen LogP contribution in [-0.2, 0) is 0 Å². The molecule has 5 rings (SSSR count). The van der Waals surface area contributed by atoms with E-state index < -0.39 is 0 Å². The molecular weight excluding hydrogens is 502 g/mol. The number of nitrogens with one attached hydrogen (secondary N) is 3. The van der Waals surface area contributed by atoms with Gasteiger partial charge in [0.25, 0.3) is 5.91 Å². The fraction of sp³-hybridized carbons (Fsp3) is 0.320. The Balaban J connectivity index is 1.43. The van der Waals surface area contributed by atoms with Crippen LogP contribution in [0, 0.1) is 0 Å². The van der Waals surface area contributed by atoms with E-state index in [9.17, 15) is 4.79 Å². The zero-order valence-corrected chi connectivity index (χ0v) is 21.1. The second kappa shape index (κ2) is 9.14. The van der Waals surface area contributed by atoms with E-state index in [2.05, 4.69) is 55.0 Å². The van der Waals surface area contributed by atoms with Crippen molar-refractivity contribution in [3.8, 4) is 11.4 Å². The lowest BCUT2D eigenvalue weighted by Gasteiger charge is -2.37. The quantitative estimate of drug-likeness (QED) is 0.338. The van der Waals surface area contributed by atoms with Crippen molar-refractivity contribution in [2.75, 3.05) is 39.8 Å². The Hall–Kier alpha value is -2.32. The molecule has 0 saturated carbocycles. The largest absolute Gasteiger partial charge is 0.353 e. The van der Waals surface area contributed by atoms with E-state index in [0.717, 1.165) is 63.8 Å². The number of rotatable bonds is 5. The molecule has 0 bridgehead atoms. The molecule has 1 atom stereocenters. The van der Waals surface area contributed by atoms with Crippen LogP contribution in [0.1, 0.15) is 17.3 Å². The number of hydrogen-bond acceptors (Lipinski definition) is 3. The predicted molar refractivity (Wildman–Crippen MR) is 139 cm³/mol. The van der Waals surface area contributed by atoms with Crippen LogP contribution in [0.25, 0.3) is 33.2 Å². The molecule has 1 amide bonds. The first kappa shape index (κ1) is 22.5. The van der Waals surface area contributed by atoms with E-state index in [1.54, 1.807) is 0 Å². The maximum atomic E-state index is 13.4. The number of aromatic nitrogens is 2. The average Bonchev–Trinajstić information content (AvgIpc) is 3.36. The summed E-state index contributed by atoms with van der Waals surface area (Å²) >= 11 is 9.72. The highest BCUT2D eigenvalue weighted by molar-refractivity contribution is 9.10. The summed E-state index contributed by atoms with van der Waals surface area (Å²) in [5, 5.41) is 5.75. The van der Waals surface area contributed by atoms with E-state index in [0.29, 0.717) is 23.2 Å². The van der Waals surface area contributed by atoms with Gasteiger partial charge in [0.2, 0.25) is 0 Å². The van der Waals surface area contributed by atoms with Crippen LogP contribution in [0.4, 0.5) is 0 Å². The maximum absolute atomic E-state index is 13.4. The number of fused-ring (bicyclic) bond motifs is 2. The van der Waals surface area contributed by atoms with Gasteiger partial charge in [-0.2, -0.15) is 0 Å². The number of amides is 1. The molecule has 3 heterocycles. The molecular formula is C25H27BrClN5O. The second-order valence-corrected chi connectivity index (χ2v) is 10.2. The van der Waals surface area contributed by atoms with Crippen molar-refractivity contribution >= 4 is 55.2 Å². The van der Waals surface area contributed by atoms with E-state index >= 15 is 0 Å². The second-order valence-electron chi connectivity index (χ2n) is 8.87. The lowest BCUT2D eigenvalue weighted by Crippen LogP contribution is -2.51. The minimum absolute atomic E-state index is 0.0718. The molecule has 8 heteroatoms. The summed E-state index contributed by atoms with van der Waals surface area (Å²) < 4.78 is 0.961. The number of carbonyl (C=O) groups excluding carboxylic acids is 1. The van der Waals surface area contributed by atoms with Gasteiger partial charge in [-0.15, -0.1) is 0 Å². The van der Waals surface area contributed by atoms with Crippen LogP contribution in [0.2, 0.25) is 5.02 Å². The van der Waals surface area contributed by atoms with Gasteiger partial charge in [0.1, 0.15) is 0 Å². The normalized spacial score (nSPS) is 17.8. The summed E-state index contributed by atoms with van der Waals surface area (Å²) in [5.74, 6) is -0.0718. The molecule has 1 fully saturated rings. The third-order valence-corrected chi connectivity index (χ3v) is 7.33. The van der Waals surface area contributed by atoms with Crippen LogP contribution < -0.4 is 5.32 Å². The molecule has 2 aromatic carbocycles. The van der Waals surface area contributed by atoms with Crippen LogP contribution in [0.3, 0.4) is 0 Å². The lowest BCUT2D eigenvalue weighted by atomic mass is 10.1. The number of piperazine rings is 1. The first-order valence-corrected chi connectivity index (χ1v) is 12.4. The Kier molecular flexibility index (Phi) is 6.22. The number of H-pyrrole nitrogens is 2. The van der Waals surface area contributed by atoms with E-state index in [1.807, 2.05) is 42.5 Å². The molecule has 1 aliphatic rings. The molecule has 172 valence electrons. The van der Waals surface area contributed by atoms with Crippen LogP contribution in [0.5, 0.6) is 0 Å². The minimum atomic E-state index is -0.0718. The van der Waals surface area contributed by atoms with Crippen molar-refractivity contribution < 1.29 is 4.79 Å². The SMILES string of the molecule is CC1CN(CCNC(=O)c2c(-c3cc4cc(Cl)ccc4[nH]3)[nH]c3cc(Br)ccc23)CCN1C. The van der Waals surface area contributed by atoms with Crippen molar-refractivity contribution in [1.29, 1.82) is 0 Å². The zero-order valence-electron chi connectivity index (χ0n) is 18.7. The van der Waals surface area contributed by atoms with E-state index in [-0.39, 0.29) is 5.91 Å². The predicted octanol–water partition coefficient (Wildman–Crippen LogP) is 5.10. The van der Waals surface area contributed by atoms with Crippen molar-refractivity contribution in [2.45, 2.75) is 13.0 Å².